The summed E-state index contributed by atoms with van der Waals surface area (Å²) in [4.78, 5) is 29.3. The van der Waals surface area contributed by atoms with Gasteiger partial charge in [-0.2, -0.15) is 0 Å². The highest BCUT2D eigenvalue weighted by Crippen LogP contribution is 2.36. The van der Waals surface area contributed by atoms with E-state index in [4.69, 9.17) is 4.98 Å². The number of rotatable bonds is 4. The van der Waals surface area contributed by atoms with Crippen molar-refractivity contribution in [1.29, 1.82) is 0 Å². The zero-order valence-electron chi connectivity index (χ0n) is 15.1. The van der Waals surface area contributed by atoms with Crippen molar-refractivity contribution in [1.82, 2.24) is 9.55 Å². The lowest BCUT2D eigenvalue weighted by Gasteiger charge is -2.33. The fraction of sp³-hybridized carbons (Fsp3) is 0.286. The van der Waals surface area contributed by atoms with Gasteiger partial charge in [-0.1, -0.05) is 30.3 Å². The largest absolute Gasteiger partial charge is 0.465 e. The lowest BCUT2D eigenvalue weighted by molar-refractivity contribution is -0.108. The molecule has 6 heteroatoms. The van der Waals surface area contributed by atoms with Crippen LogP contribution in [0, 0.1) is 0 Å². The number of hydrogen-bond acceptors (Lipinski definition) is 3. The molecule has 27 heavy (non-hydrogen) atoms. The van der Waals surface area contributed by atoms with E-state index in [1.54, 1.807) is 0 Å². The number of amides is 1. The number of carbonyl (C=O) groups is 2. The zero-order chi connectivity index (χ0) is 19.0. The van der Waals surface area contributed by atoms with Crippen LogP contribution in [0.3, 0.4) is 0 Å². The number of fused-ring (bicyclic) bond motifs is 3. The number of aromatic nitrogens is 2. The summed E-state index contributed by atoms with van der Waals surface area (Å²) in [7, 11) is 0. The lowest BCUT2D eigenvalue weighted by atomic mass is 9.96. The topological polar surface area (TPSA) is 75.4 Å². The molecule has 4 rings (SSSR count). The Morgan fingerprint density at radius 3 is 2.74 bits per heavy atom. The quantitative estimate of drug-likeness (QED) is 0.718. The number of nitrogens with zero attached hydrogens (tertiary/aromatic N) is 3. The lowest BCUT2D eigenvalue weighted by Crippen LogP contribution is -2.41. The van der Waals surface area contributed by atoms with Crippen LogP contribution in [0.4, 0.5) is 10.5 Å². The molecule has 1 atom stereocenters. The van der Waals surface area contributed by atoms with Crippen molar-refractivity contribution >= 4 is 29.1 Å². The van der Waals surface area contributed by atoms with Crippen molar-refractivity contribution in [3.8, 4) is 0 Å². The number of hydrogen-bond donors (Lipinski definition) is 1. The monoisotopic (exact) mass is 363 g/mol. The van der Waals surface area contributed by atoms with E-state index in [1.807, 2.05) is 54.0 Å². The van der Waals surface area contributed by atoms with E-state index in [9.17, 15) is 14.7 Å². The summed E-state index contributed by atoms with van der Waals surface area (Å²) >= 11 is 0. The molecule has 0 saturated carbocycles. The third-order valence-corrected chi connectivity index (χ3v) is 5.26. The molecular weight excluding hydrogens is 342 g/mol. The number of imidazole rings is 1. The SMILES string of the molecule is C[C@H]1CCc2c(ccc3c2nc(Cc2ccccc2)n3CC=O)N1C(=O)O. The van der Waals surface area contributed by atoms with Crippen LogP contribution in [-0.2, 0) is 24.2 Å². The van der Waals surface area contributed by atoms with Gasteiger partial charge in [0, 0.05) is 18.0 Å². The van der Waals surface area contributed by atoms with Gasteiger partial charge in [-0.25, -0.2) is 9.78 Å². The van der Waals surface area contributed by atoms with Crippen LogP contribution in [0.5, 0.6) is 0 Å². The summed E-state index contributed by atoms with van der Waals surface area (Å²) in [6, 6.07) is 13.7. The molecule has 2 aromatic carbocycles. The summed E-state index contributed by atoms with van der Waals surface area (Å²) in [5.41, 5.74) is 4.46. The number of benzene rings is 2. The summed E-state index contributed by atoms with van der Waals surface area (Å²) in [6.07, 6.45) is 2.09. The first-order chi connectivity index (χ1) is 13.1. The Kier molecular flexibility index (Phi) is 4.39. The molecule has 1 amide bonds. The molecule has 3 aromatic rings. The van der Waals surface area contributed by atoms with Crippen molar-refractivity contribution in [2.75, 3.05) is 4.90 Å². The maximum absolute atomic E-state index is 11.7. The Morgan fingerprint density at radius 2 is 2.04 bits per heavy atom. The second kappa shape index (κ2) is 6.87. The van der Waals surface area contributed by atoms with Crippen LogP contribution >= 0.6 is 0 Å². The van der Waals surface area contributed by atoms with Crippen molar-refractivity contribution in [2.24, 2.45) is 0 Å². The molecule has 0 saturated heterocycles. The molecule has 138 valence electrons. The Balaban J connectivity index is 1.87. The minimum Gasteiger partial charge on any atom is -0.465 e. The van der Waals surface area contributed by atoms with Crippen LogP contribution < -0.4 is 4.90 Å². The second-order valence-corrected chi connectivity index (χ2v) is 6.94. The van der Waals surface area contributed by atoms with Gasteiger partial charge in [0.25, 0.3) is 0 Å². The molecule has 2 heterocycles. The van der Waals surface area contributed by atoms with E-state index in [0.717, 1.165) is 47.1 Å². The molecule has 1 aliphatic rings. The van der Waals surface area contributed by atoms with Gasteiger partial charge in [0.2, 0.25) is 0 Å². The van der Waals surface area contributed by atoms with E-state index in [-0.39, 0.29) is 12.6 Å². The second-order valence-electron chi connectivity index (χ2n) is 6.94. The molecule has 0 aliphatic carbocycles. The molecule has 0 fully saturated rings. The van der Waals surface area contributed by atoms with Crippen LogP contribution in [0.15, 0.2) is 42.5 Å². The minimum atomic E-state index is -0.945. The Labute approximate surface area is 157 Å². The van der Waals surface area contributed by atoms with Gasteiger partial charge < -0.3 is 14.5 Å². The van der Waals surface area contributed by atoms with Crippen LogP contribution in [0.2, 0.25) is 0 Å². The Bertz CT molecular complexity index is 1010. The fourth-order valence-electron chi connectivity index (χ4n) is 3.96. The van der Waals surface area contributed by atoms with Gasteiger partial charge in [0.05, 0.1) is 23.3 Å². The summed E-state index contributed by atoms with van der Waals surface area (Å²) < 4.78 is 1.93. The molecule has 1 aliphatic heterocycles. The van der Waals surface area contributed by atoms with E-state index < -0.39 is 6.09 Å². The number of aryl methyl sites for hydroxylation is 1. The highest BCUT2D eigenvalue weighted by molar-refractivity contribution is 5.94. The first-order valence-corrected chi connectivity index (χ1v) is 9.11. The molecule has 0 unspecified atom stereocenters. The molecule has 0 radical (unpaired) electrons. The van der Waals surface area contributed by atoms with Gasteiger partial charge in [0.1, 0.15) is 12.1 Å². The van der Waals surface area contributed by atoms with E-state index in [1.165, 1.54) is 4.90 Å². The van der Waals surface area contributed by atoms with E-state index in [0.29, 0.717) is 12.1 Å². The number of anilines is 1. The van der Waals surface area contributed by atoms with Crippen molar-refractivity contribution in [3.05, 3.63) is 59.4 Å². The smallest absolute Gasteiger partial charge is 0.412 e. The summed E-state index contributed by atoms with van der Waals surface area (Å²) in [5, 5.41) is 9.62. The molecular formula is C21H21N3O3. The van der Waals surface area contributed by atoms with Gasteiger partial charge in [-0.05, 0) is 37.5 Å². The van der Waals surface area contributed by atoms with Gasteiger partial charge in [0.15, 0.2) is 0 Å². The number of carboxylic acid groups (broad SMARTS) is 1. The maximum atomic E-state index is 11.7. The highest BCUT2D eigenvalue weighted by Gasteiger charge is 2.30. The van der Waals surface area contributed by atoms with Gasteiger partial charge in [-0.15, -0.1) is 0 Å². The molecule has 0 spiro atoms. The maximum Gasteiger partial charge on any atom is 0.412 e. The number of carbonyl (C=O) groups excluding carboxylic acids is 1. The normalized spacial score (nSPS) is 16.3. The number of aldehydes is 1. The summed E-state index contributed by atoms with van der Waals surface area (Å²) in [6.45, 7) is 2.16. The average molecular weight is 363 g/mol. The average Bonchev–Trinajstić information content (AvgIpc) is 3.00. The van der Waals surface area contributed by atoms with E-state index in [2.05, 4.69) is 0 Å². The van der Waals surface area contributed by atoms with Crippen molar-refractivity contribution in [3.63, 3.8) is 0 Å². The van der Waals surface area contributed by atoms with Crippen molar-refractivity contribution < 1.29 is 14.7 Å². The van der Waals surface area contributed by atoms with Crippen LogP contribution in [0.1, 0.15) is 30.3 Å². The molecule has 0 bridgehead atoms. The highest BCUT2D eigenvalue weighted by atomic mass is 16.4. The Morgan fingerprint density at radius 1 is 1.26 bits per heavy atom. The van der Waals surface area contributed by atoms with Crippen LogP contribution in [0.25, 0.3) is 11.0 Å². The van der Waals surface area contributed by atoms with Gasteiger partial charge in [-0.3, -0.25) is 4.90 Å². The first kappa shape index (κ1) is 17.3. The molecule has 1 N–H and O–H groups in total. The third kappa shape index (κ3) is 2.97. The predicted molar refractivity (Wildman–Crippen MR) is 103 cm³/mol. The minimum absolute atomic E-state index is 0.0618. The van der Waals surface area contributed by atoms with Crippen molar-refractivity contribution in [2.45, 2.75) is 38.8 Å². The van der Waals surface area contributed by atoms with Gasteiger partial charge >= 0.3 is 6.09 Å². The van der Waals surface area contributed by atoms with E-state index >= 15 is 0 Å². The third-order valence-electron chi connectivity index (χ3n) is 5.26. The predicted octanol–water partition coefficient (Wildman–Crippen LogP) is 3.65. The Hall–Kier alpha value is -3.15. The van der Waals surface area contributed by atoms with Crippen LogP contribution in [-0.4, -0.2) is 33.1 Å². The zero-order valence-corrected chi connectivity index (χ0v) is 15.1. The molecule has 1 aromatic heterocycles. The summed E-state index contributed by atoms with van der Waals surface area (Å²) in [5.74, 6) is 0.817. The fourth-order valence-corrected chi connectivity index (χ4v) is 3.96. The first-order valence-electron chi connectivity index (χ1n) is 9.11. The molecule has 6 nitrogen and oxygen atoms in total. The standard InChI is InChI=1S/C21H21N3O3/c1-14-7-8-16-17(24(14)21(26)27)9-10-18-20(16)22-19(23(18)11-12-25)13-15-5-3-2-4-6-15/h2-6,9-10,12,14H,7-8,11,13H2,1H3,(H,26,27)/t14-/m0/s1.